The van der Waals surface area contributed by atoms with Gasteiger partial charge in [0.05, 0.1) is 6.08 Å². The van der Waals surface area contributed by atoms with E-state index in [0.717, 1.165) is 0 Å². The maximum atomic E-state index is 4.76. The Hall–Kier alpha value is -1.36. The van der Waals surface area contributed by atoms with E-state index < -0.39 is 0 Å². The summed E-state index contributed by atoms with van der Waals surface area (Å²) >= 11 is 0. The molecule has 0 bridgehead atoms. The van der Waals surface area contributed by atoms with Gasteiger partial charge in [-0.25, -0.2) is 0 Å². The molecule has 0 saturated carbocycles. The lowest BCUT2D eigenvalue weighted by Crippen LogP contribution is -1.43. The Labute approximate surface area is 43.5 Å². The van der Waals surface area contributed by atoms with Crippen molar-refractivity contribution in [2.75, 3.05) is 0 Å². The standard InChI is InChI=1S/C7H3/c1-3-5-7-6-4-2/h1H,2H2. The highest BCUT2D eigenvalue weighted by Gasteiger charge is 1.47. The van der Waals surface area contributed by atoms with Gasteiger partial charge in [-0.1, -0.05) is 6.58 Å². The summed E-state index contributed by atoms with van der Waals surface area (Å²) in [6.07, 6.45) is 7.14. The van der Waals surface area contributed by atoms with Crippen molar-refractivity contribution in [1.29, 1.82) is 0 Å². The molecule has 0 N–H and O–H groups in total. The Morgan fingerprint density at radius 1 is 1.29 bits per heavy atom. The molecule has 0 aromatic rings. The van der Waals surface area contributed by atoms with Crippen LogP contribution in [-0.2, 0) is 0 Å². The number of hydrogen-bond acceptors (Lipinski definition) is 0. The molecule has 0 heteroatoms. The number of hydrogen-bond donors (Lipinski definition) is 0. The molecule has 0 fully saturated rings. The zero-order valence-electron chi connectivity index (χ0n) is 3.78. The minimum absolute atomic E-state index is 2.11. The van der Waals surface area contributed by atoms with Gasteiger partial charge in [0.1, 0.15) is 0 Å². The van der Waals surface area contributed by atoms with Crippen LogP contribution in [0.2, 0.25) is 0 Å². The van der Waals surface area contributed by atoms with Crippen LogP contribution in [0, 0.1) is 30.3 Å². The van der Waals surface area contributed by atoms with Crippen LogP contribution in [0.25, 0.3) is 0 Å². The van der Waals surface area contributed by atoms with Gasteiger partial charge < -0.3 is 0 Å². The van der Waals surface area contributed by atoms with Crippen molar-refractivity contribution in [1.82, 2.24) is 0 Å². The van der Waals surface area contributed by atoms with Crippen LogP contribution < -0.4 is 0 Å². The van der Waals surface area contributed by atoms with E-state index in [9.17, 15) is 0 Å². The van der Waals surface area contributed by atoms with Gasteiger partial charge in [0.25, 0.3) is 0 Å². The second-order valence-electron chi connectivity index (χ2n) is 0.696. The van der Waals surface area contributed by atoms with Crippen LogP contribution in [0.4, 0.5) is 0 Å². The molecule has 0 atom stereocenters. The fourth-order valence-electron chi connectivity index (χ4n) is 0.112. The second kappa shape index (κ2) is 4.64. The summed E-state index contributed by atoms with van der Waals surface area (Å²) < 4.78 is 0. The summed E-state index contributed by atoms with van der Waals surface area (Å²) in [5.74, 6) is 6.80. The van der Waals surface area contributed by atoms with Gasteiger partial charge in [0.2, 0.25) is 0 Å². The lowest BCUT2D eigenvalue weighted by atomic mass is 10.5. The number of rotatable bonds is 0. The van der Waals surface area contributed by atoms with Crippen molar-refractivity contribution in [2.24, 2.45) is 0 Å². The van der Waals surface area contributed by atoms with Gasteiger partial charge in [-0.3, -0.25) is 0 Å². The zero-order valence-corrected chi connectivity index (χ0v) is 3.78. The van der Waals surface area contributed by atoms with Crippen molar-refractivity contribution < 1.29 is 0 Å². The molecule has 0 aliphatic carbocycles. The molecular formula is C7H3. The average molecular weight is 87.1 g/mol. The molecule has 0 aliphatic rings. The molecule has 0 aromatic carbocycles. The molecule has 0 spiro atoms. The molecule has 0 aromatic heterocycles. The molecule has 0 nitrogen and oxygen atoms in total. The zero-order chi connectivity index (χ0) is 5.54. The van der Waals surface area contributed by atoms with Gasteiger partial charge in [-0.2, -0.15) is 0 Å². The van der Waals surface area contributed by atoms with Crippen LogP contribution in [0.1, 0.15) is 0 Å². The minimum atomic E-state index is 2.11. The summed E-state index contributed by atoms with van der Waals surface area (Å²) in [6, 6.07) is 0. The smallest absolute Gasteiger partial charge is 0.0903 e. The van der Waals surface area contributed by atoms with Crippen LogP contribution in [-0.4, -0.2) is 0 Å². The molecule has 0 saturated heterocycles. The van der Waals surface area contributed by atoms with E-state index in [1.54, 1.807) is 0 Å². The highest BCUT2D eigenvalue weighted by Crippen LogP contribution is 1.52. The van der Waals surface area contributed by atoms with Crippen molar-refractivity contribution in [3.63, 3.8) is 0 Å². The average Bonchev–Trinajstić information content (AvgIpc) is 1.69. The first-order chi connectivity index (χ1) is 3.41. The molecular weight excluding hydrogens is 84.1 g/mol. The van der Waals surface area contributed by atoms with Crippen molar-refractivity contribution in [2.45, 2.75) is 0 Å². The summed E-state index contributed by atoms with van der Waals surface area (Å²) in [5.41, 5.74) is 2.33. The maximum absolute atomic E-state index is 4.76. The van der Waals surface area contributed by atoms with E-state index in [0.29, 0.717) is 0 Å². The third kappa shape index (κ3) is 4.64. The van der Waals surface area contributed by atoms with Crippen LogP contribution >= 0.6 is 0 Å². The van der Waals surface area contributed by atoms with Gasteiger partial charge in [-0.05, 0) is 17.8 Å². The Morgan fingerprint density at radius 3 is 2.43 bits per heavy atom. The molecule has 0 rings (SSSR count). The van der Waals surface area contributed by atoms with Crippen molar-refractivity contribution in [3.05, 3.63) is 18.4 Å². The summed E-state index contributed by atoms with van der Waals surface area (Å²) in [5, 5.41) is 0. The SMILES string of the molecule is C#CC#C[C]=C=C. The largest absolute Gasteiger partial charge is 0.110 e. The normalized spacial score (nSPS) is 3.86. The highest BCUT2D eigenvalue weighted by molar-refractivity contribution is 5.24. The Morgan fingerprint density at radius 2 is 2.00 bits per heavy atom. The Balaban J connectivity index is 3.75. The Kier molecular flexibility index (Phi) is 3.74. The van der Waals surface area contributed by atoms with E-state index in [2.05, 4.69) is 36.1 Å². The summed E-state index contributed by atoms with van der Waals surface area (Å²) in [7, 11) is 0. The fraction of sp³-hybridized carbons (Fsp3) is 0. The highest BCUT2D eigenvalue weighted by atomic mass is 13.5. The van der Waals surface area contributed by atoms with E-state index in [4.69, 9.17) is 6.42 Å². The molecule has 0 unspecified atom stereocenters. The third-order valence-corrected chi connectivity index (χ3v) is 0.286. The minimum Gasteiger partial charge on any atom is -0.110 e. The fourth-order valence-corrected chi connectivity index (χ4v) is 0.112. The van der Waals surface area contributed by atoms with E-state index >= 15 is 0 Å². The van der Waals surface area contributed by atoms with Crippen LogP contribution in [0.15, 0.2) is 12.3 Å². The Bertz CT molecular complexity index is 174. The number of allylic oxidation sites excluding steroid dienone is 1. The molecule has 31 valence electrons. The molecule has 0 amide bonds. The summed E-state index contributed by atoms with van der Waals surface area (Å²) in [4.78, 5) is 0. The van der Waals surface area contributed by atoms with Gasteiger partial charge in [-0.15, -0.1) is 12.2 Å². The lowest BCUT2D eigenvalue weighted by Gasteiger charge is -1.48. The second-order valence-corrected chi connectivity index (χ2v) is 0.696. The van der Waals surface area contributed by atoms with Crippen molar-refractivity contribution in [3.8, 4) is 24.2 Å². The van der Waals surface area contributed by atoms with Gasteiger partial charge in [0.15, 0.2) is 0 Å². The first-order valence-corrected chi connectivity index (χ1v) is 1.64. The van der Waals surface area contributed by atoms with Gasteiger partial charge >= 0.3 is 0 Å². The molecule has 0 aliphatic heterocycles. The predicted octanol–water partition coefficient (Wildman–Crippen LogP) is 0.767. The monoisotopic (exact) mass is 87.0 g/mol. The molecule has 7 heavy (non-hydrogen) atoms. The quantitative estimate of drug-likeness (QED) is 0.302. The first-order valence-electron chi connectivity index (χ1n) is 1.64. The van der Waals surface area contributed by atoms with E-state index in [-0.39, 0.29) is 0 Å². The molecule has 1 radical (unpaired) electrons. The van der Waals surface area contributed by atoms with Crippen LogP contribution in [0.3, 0.4) is 0 Å². The third-order valence-electron chi connectivity index (χ3n) is 0.286. The predicted molar refractivity (Wildman–Crippen MR) is 29.0 cm³/mol. The maximum Gasteiger partial charge on any atom is 0.0903 e. The lowest BCUT2D eigenvalue weighted by molar-refractivity contribution is 2.10. The van der Waals surface area contributed by atoms with Gasteiger partial charge in [0, 0.05) is 0 Å². The first kappa shape index (κ1) is 5.64. The summed E-state index contributed by atoms with van der Waals surface area (Å²) in [6.45, 7) is 3.23. The molecule has 0 heterocycles. The van der Waals surface area contributed by atoms with E-state index in [1.807, 2.05) is 0 Å². The number of terminal acetylenes is 1. The van der Waals surface area contributed by atoms with E-state index in [1.165, 1.54) is 0 Å². The topological polar surface area (TPSA) is 0 Å². The van der Waals surface area contributed by atoms with Crippen molar-refractivity contribution >= 4 is 0 Å². The van der Waals surface area contributed by atoms with Crippen LogP contribution in [0.5, 0.6) is 0 Å².